The highest BCUT2D eigenvalue weighted by Gasteiger charge is 2.27. The van der Waals surface area contributed by atoms with E-state index in [0.29, 0.717) is 12.6 Å². The molecule has 0 rings (SSSR count). The van der Waals surface area contributed by atoms with Gasteiger partial charge in [-0.3, -0.25) is 9.69 Å². The second kappa shape index (κ2) is 18.8. The predicted molar refractivity (Wildman–Crippen MR) is 134 cm³/mol. The van der Waals surface area contributed by atoms with Crippen LogP contribution in [-0.2, 0) is 4.79 Å². The molecule has 0 aliphatic carbocycles. The molecule has 0 aliphatic rings. The molecule has 0 heterocycles. The number of unbranched alkanes of at least 4 members (excludes halogenated alkanes) is 9. The number of hydrogen-bond acceptors (Lipinski definition) is 3. The minimum Gasteiger partial charge on any atom is -0.305 e. The average molecular weight is 421 g/mol. The first-order chi connectivity index (χ1) is 14.3. The van der Waals surface area contributed by atoms with Crippen LogP contribution in [0.25, 0.3) is 0 Å². The predicted octanol–water partition coefficient (Wildman–Crippen LogP) is 7.08. The number of likely N-dealkylation sites (N-methyl/N-ethyl adjacent to an activating group) is 1. The Hall–Kier alpha value is -0.930. The van der Waals surface area contributed by atoms with E-state index in [9.17, 15) is 4.79 Å². The van der Waals surface area contributed by atoms with Crippen LogP contribution < -0.4 is 5.32 Å². The SMILES string of the molecule is CCCCC/C=C\C/C=C\CCCCCCCCNC(C)(C)C(=O)CN(C)C(C)C. The first-order valence-electron chi connectivity index (χ1n) is 12.6. The van der Waals surface area contributed by atoms with Gasteiger partial charge in [0.2, 0.25) is 0 Å². The normalized spacial score (nSPS) is 12.8. The molecular formula is C27H52N2O. The third kappa shape index (κ3) is 16.8. The lowest BCUT2D eigenvalue weighted by molar-refractivity contribution is -0.125. The average Bonchev–Trinajstić information content (AvgIpc) is 2.70. The molecule has 3 heteroatoms. The van der Waals surface area contributed by atoms with Crippen molar-refractivity contribution in [3.05, 3.63) is 24.3 Å². The van der Waals surface area contributed by atoms with Crippen LogP contribution in [0.1, 0.15) is 112 Å². The maximum Gasteiger partial charge on any atom is 0.166 e. The van der Waals surface area contributed by atoms with Crippen molar-refractivity contribution in [3.8, 4) is 0 Å². The van der Waals surface area contributed by atoms with E-state index in [2.05, 4.69) is 55.3 Å². The van der Waals surface area contributed by atoms with Crippen molar-refractivity contribution in [2.75, 3.05) is 20.1 Å². The summed E-state index contributed by atoms with van der Waals surface area (Å²) < 4.78 is 0. The van der Waals surface area contributed by atoms with Gasteiger partial charge < -0.3 is 5.32 Å². The molecule has 0 bridgehead atoms. The maximum atomic E-state index is 12.5. The highest BCUT2D eigenvalue weighted by Crippen LogP contribution is 2.10. The summed E-state index contributed by atoms with van der Waals surface area (Å²) in [6.07, 6.45) is 24.5. The molecule has 30 heavy (non-hydrogen) atoms. The van der Waals surface area contributed by atoms with E-state index in [1.165, 1.54) is 64.2 Å². The fraction of sp³-hybridized carbons (Fsp3) is 0.815. The largest absolute Gasteiger partial charge is 0.305 e. The number of ketones is 1. The first-order valence-corrected chi connectivity index (χ1v) is 12.6. The highest BCUT2D eigenvalue weighted by molar-refractivity contribution is 5.89. The number of carbonyl (C=O) groups is 1. The number of nitrogens with one attached hydrogen (secondary N) is 1. The summed E-state index contributed by atoms with van der Waals surface area (Å²) in [5, 5.41) is 3.46. The Morgan fingerprint density at radius 1 is 0.867 bits per heavy atom. The van der Waals surface area contributed by atoms with Crippen molar-refractivity contribution in [2.24, 2.45) is 0 Å². The summed E-state index contributed by atoms with van der Waals surface area (Å²) in [6, 6.07) is 0.400. The minimum atomic E-state index is -0.430. The van der Waals surface area contributed by atoms with E-state index in [1.807, 2.05) is 20.9 Å². The van der Waals surface area contributed by atoms with Crippen LogP contribution in [0.3, 0.4) is 0 Å². The van der Waals surface area contributed by atoms with Gasteiger partial charge in [-0.15, -0.1) is 0 Å². The summed E-state index contributed by atoms with van der Waals surface area (Å²) in [4.78, 5) is 14.6. The molecule has 0 aromatic heterocycles. The van der Waals surface area contributed by atoms with Crippen LogP contribution in [0.2, 0.25) is 0 Å². The van der Waals surface area contributed by atoms with E-state index in [1.54, 1.807) is 0 Å². The lowest BCUT2D eigenvalue weighted by Crippen LogP contribution is -2.51. The van der Waals surface area contributed by atoms with E-state index in [4.69, 9.17) is 0 Å². The second-order valence-corrected chi connectivity index (χ2v) is 9.57. The van der Waals surface area contributed by atoms with Gasteiger partial charge in [0.15, 0.2) is 5.78 Å². The van der Waals surface area contributed by atoms with Gasteiger partial charge in [-0.25, -0.2) is 0 Å². The Kier molecular flexibility index (Phi) is 18.2. The summed E-state index contributed by atoms with van der Waals surface area (Å²) in [5.74, 6) is 0.277. The van der Waals surface area contributed by atoms with Crippen molar-refractivity contribution in [2.45, 2.75) is 123 Å². The minimum absolute atomic E-state index is 0.277. The molecule has 0 aromatic carbocycles. The van der Waals surface area contributed by atoms with Crippen molar-refractivity contribution in [1.29, 1.82) is 0 Å². The van der Waals surface area contributed by atoms with E-state index >= 15 is 0 Å². The van der Waals surface area contributed by atoms with E-state index in [0.717, 1.165) is 19.4 Å². The van der Waals surface area contributed by atoms with Crippen LogP contribution in [-0.4, -0.2) is 42.4 Å². The van der Waals surface area contributed by atoms with E-state index in [-0.39, 0.29) is 5.78 Å². The van der Waals surface area contributed by atoms with Gasteiger partial charge in [-0.1, -0.05) is 69.8 Å². The van der Waals surface area contributed by atoms with Crippen molar-refractivity contribution in [3.63, 3.8) is 0 Å². The van der Waals surface area contributed by atoms with E-state index < -0.39 is 5.54 Å². The van der Waals surface area contributed by atoms with Gasteiger partial charge in [0.05, 0.1) is 12.1 Å². The molecule has 1 N–H and O–H groups in total. The molecule has 0 aliphatic heterocycles. The molecule has 3 nitrogen and oxygen atoms in total. The zero-order chi connectivity index (χ0) is 22.7. The molecule has 0 fully saturated rings. The van der Waals surface area contributed by atoms with Gasteiger partial charge >= 0.3 is 0 Å². The Morgan fingerprint density at radius 3 is 1.97 bits per heavy atom. The standard InChI is InChI=1S/C27H52N2O/c1-7-8-9-10-11-12-13-14-15-16-17-18-19-20-21-22-23-28-27(4,5)26(30)24-29(6)25(2)3/h11-12,14-15,25,28H,7-10,13,16-24H2,1-6H3/b12-11-,15-14-. The lowest BCUT2D eigenvalue weighted by atomic mass is 9.98. The fourth-order valence-electron chi connectivity index (χ4n) is 3.22. The maximum absolute atomic E-state index is 12.5. The van der Waals surface area contributed by atoms with Gasteiger partial charge in [-0.05, 0) is 79.8 Å². The van der Waals surface area contributed by atoms with Crippen LogP contribution in [0.15, 0.2) is 24.3 Å². The summed E-state index contributed by atoms with van der Waals surface area (Å²) in [5.41, 5.74) is -0.430. The number of nitrogens with zero attached hydrogens (tertiary/aromatic N) is 1. The molecule has 0 atom stereocenters. The summed E-state index contributed by atoms with van der Waals surface area (Å²) in [6.45, 7) is 12.0. The molecule has 0 saturated carbocycles. The second-order valence-electron chi connectivity index (χ2n) is 9.57. The number of Topliss-reactive ketones (excluding diaryl/α,β-unsaturated/α-hetero) is 1. The highest BCUT2D eigenvalue weighted by atomic mass is 16.1. The molecule has 0 saturated heterocycles. The van der Waals surface area contributed by atoms with Gasteiger partial charge in [0, 0.05) is 6.04 Å². The first kappa shape index (κ1) is 29.1. The zero-order valence-corrected chi connectivity index (χ0v) is 21.1. The topological polar surface area (TPSA) is 32.3 Å². The lowest BCUT2D eigenvalue weighted by Gasteiger charge is -2.29. The summed E-state index contributed by atoms with van der Waals surface area (Å²) in [7, 11) is 2.01. The smallest absolute Gasteiger partial charge is 0.166 e. The number of hydrogen-bond donors (Lipinski definition) is 1. The molecule has 0 spiro atoms. The Balaban J connectivity index is 3.57. The molecule has 0 aromatic rings. The fourth-order valence-corrected chi connectivity index (χ4v) is 3.22. The Bertz CT molecular complexity index is 465. The number of rotatable bonds is 20. The van der Waals surface area contributed by atoms with Crippen molar-refractivity contribution in [1.82, 2.24) is 10.2 Å². The quantitative estimate of drug-likeness (QED) is 0.169. The van der Waals surface area contributed by atoms with Crippen LogP contribution in [0, 0.1) is 0 Å². The third-order valence-corrected chi connectivity index (χ3v) is 5.92. The van der Waals surface area contributed by atoms with Crippen LogP contribution >= 0.6 is 0 Å². The van der Waals surface area contributed by atoms with Gasteiger partial charge in [-0.2, -0.15) is 0 Å². The number of carbonyl (C=O) groups excluding carboxylic acids is 1. The molecule has 0 radical (unpaired) electrons. The van der Waals surface area contributed by atoms with Crippen molar-refractivity contribution < 1.29 is 4.79 Å². The number of allylic oxidation sites excluding steroid dienone is 4. The monoisotopic (exact) mass is 420 g/mol. The molecule has 0 amide bonds. The molecule has 0 unspecified atom stereocenters. The zero-order valence-electron chi connectivity index (χ0n) is 21.1. The Labute approximate surface area is 188 Å². The Morgan fingerprint density at radius 2 is 1.40 bits per heavy atom. The van der Waals surface area contributed by atoms with Gasteiger partial charge in [0.25, 0.3) is 0 Å². The molecule has 176 valence electrons. The van der Waals surface area contributed by atoms with Crippen molar-refractivity contribution >= 4 is 5.78 Å². The summed E-state index contributed by atoms with van der Waals surface area (Å²) >= 11 is 0. The van der Waals surface area contributed by atoms with Gasteiger partial charge in [0.1, 0.15) is 0 Å². The van der Waals surface area contributed by atoms with Crippen LogP contribution in [0.5, 0.6) is 0 Å². The third-order valence-electron chi connectivity index (χ3n) is 5.92. The van der Waals surface area contributed by atoms with Crippen LogP contribution in [0.4, 0.5) is 0 Å². The molecular weight excluding hydrogens is 368 g/mol.